The molecule has 0 spiro atoms. The van der Waals surface area contributed by atoms with E-state index in [-0.39, 0.29) is 12.9 Å². The van der Waals surface area contributed by atoms with Crippen molar-refractivity contribution in [2.75, 3.05) is 13.4 Å². The summed E-state index contributed by atoms with van der Waals surface area (Å²) in [4.78, 5) is 0.595. The van der Waals surface area contributed by atoms with E-state index in [1.807, 2.05) is 0 Å². The van der Waals surface area contributed by atoms with Gasteiger partial charge in [0.1, 0.15) is 12.9 Å². The van der Waals surface area contributed by atoms with Crippen molar-refractivity contribution in [1.82, 2.24) is 0 Å². The molecule has 56 valence electrons. The highest BCUT2D eigenvalue weighted by molar-refractivity contribution is 7.67. The first kappa shape index (κ1) is 7.65. The molecule has 3 nitrogen and oxygen atoms in total. The summed E-state index contributed by atoms with van der Waals surface area (Å²) in [5, 5.41) is 0. The fourth-order valence-corrected chi connectivity index (χ4v) is 1.03. The summed E-state index contributed by atoms with van der Waals surface area (Å²) in [5.41, 5.74) is 0. The van der Waals surface area contributed by atoms with Gasteiger partial charge in [0.25, 0.3) is 0 Å². The van der Waals surface area contributed by atoms with Crippen molar-refractivity contribution in [3.8, 4) is 0 Å². The lowest BCUT2D eigenvalue weighted by Gasteiger charge is -2.01. The van der Waals surface area contributed by atoms with E-state index < -0.39 is 0 Å². The molecule has 10 heavy (non-hydrogen) atoms. The molecule has 1 unspecified atom stereocenters. The van der Waals surface area contributed by atoms with Crippen LogP contribution in [-0.2, 0) is 20.7 Å². The molecule has 0 N–H and O–H groups in total. The Morgan fingerprint density at radius 2 is 2.60 bits per heavy atom. The average molecular weight is 160 g/mol. The number of rotatable bonds is 2. The molecule has 0 saturated carbocycles. The zero-order valence-corrected chi connectivity index (χ0v) is 6.23. The highest BCUT2D eigenvalue weighted by Crippen LogP contribution is 2.04. The predicted octanol–water partition coefficient (Wildman–Crippen LogP) is -0.0693. The van der Waals surface area contributed by atoms with Crippen LogP contribution in [-0.4, -0.2) is 28.6 Å². The minimum Gasteiger partial charge on any atom is -0.352 e. The molecule has 0 aromatic heterocycles. The Morgan fingerprint density at radius 3 is 3.00 bits per heavy atom. The Morgan fingerprint density at radius 1 is 1.80 bits per heavy atom. The Balaban J connectivity index is 2.61. The highest BCUT2D eigenvalue weighted by Gasteiger charge is 2.19. The Labute approximate surface area is 62.7 Å². The Hall–Kier alpha value is -0.450. The average Bonchev–Trinajstić information content (AvgIpc) is 2.43. The van der Waals surface area contributed by atoms with E-state index in [2.05, 4.69) is 6.58 Å². The molecule has 0 aromatic rings. The minimum atomic E-state index is -0.181. The first-order chi connectivity index (χ1) is 4.88. The summed E-state index contributed by atoms with van der Waals surface area (Å²) < 4.78 is 20.3. The SMILES string of the molecule is C=CC(=S=O)C1COCO1. The second-order valence-corrected chi connectivity index (χ2v) is 2.47. The molecule has 0 radical (unpaired) electrons. The van der Waals surface area contributed by atoms with Gasteiger partial charge in [-0.15, -0.1) is 0 Å². The first-order valence-electron chi connectivity index (χ1n) is 2.87. The highest BCUT2D eigenvalue weighted by atomic mass is 32.1. The molecule has 1 atom stereocenters. The summed E-state index contributed by atoms with van der Waals surface area (Å²) in [6, 6.07) is 0. The molecule has 0 bridgehead atoms. The third-order valence-corrected chi connectivity index (χ3v) is 1.86. The molecular formula is C6H8O3S. The van der Waals surface area contributed by atoms with Crippen molar-refractivity contribution in [3.05, 3.63) is 12.7 Å². The van der Waals surface area contributed by atoms with Crippen LogP contribution in [0.5, 0.6) is 0 Å². The summed E-state index contributed by atoms with van der Waals surface area (Å²) in [5.74, 6) is 0. The summed E-state index contributed by atoms with van der Waals surface area (Å²) in [6.45, 7) is 4.23. The van der Waals surface area contributed by atoms with Crippen molar-refractivity contribution in [2.24, 2.45) is 0 Å². The van der Waals surface area contributed by atoms with Crippen molar-refractivity contribution < 1.29 is 13.7 Å². The third kappa shape index (κ3) is 1.53. The van der Waals surface area contributed by atoms with Crippen LogP contribution in [0.2, 0.25) is 0 Å². The molecule has 0 amide bonds. The Kier molecular flexibility index (Phi) is 2.80. The van der Waals surface area contributed by atoms with Gasteiger partial charge in [0, 0.05) is 0 Å². The normalized spacial score (nSPS) is 24.2. The van der Waals surface area contributed by atoms with Crippen LogP contribution in [0.3, 0.4) is 0 Å². The smallest absolute Gasteiger partial charge is 0.147 e. The number of hydrogen-bond acceptors (Lipinski definition) is 3. The van der Waals surface area contributed by atoms with Gasteiger partial charge in [0.15, 0.2) is 0 Å². The minimum absolute atomic E-state index is 0.181. The van der Waals surface area contributed by atoms with Gasteiger partial charge in [-0.05, 0) is 0 Å². The first-order valence-corrected chi connectivity index (χ1v) is 3.61. The monoisotopic (exact) mass is 160 g/mol. The van der Waals surface area contributed by atoms with Gasteiger partial charge < -0.3 is 9.47 Å². The van der Waals surface area contributed by atoms with Gasteiger partial charge in [0.2, 0.25) is 0 Å². The topological polar surface area (TPSA) is 35.5 Å². The van der Waals surface area contributed by atoms with Crippen molar-refractivity contribution in [1.29, 1.82) is 0 Å². The number of ether oxygens (including phenoxy) is 2. The lowest BCUT2D eigenvalue weighted by Crippen LogP contribution is -2.20. The second-order valence-electron chi connectivity index (χ2n) is 1.83. The fourth-order valence-electron chi connectivity index (χ4n) is 0.717. The molecule has 0 aromatic carbocycles. The maximum atomic E-state index is 10.3. The quantitative estimate of drug-likeness (QED) is 0.419. The molecule has 1 rings (SSSR count). The summed E-state index contributed by atoms with van der Waals surface area (Å²) >= 11 is 0.411. The second kappa shape index (κ2) is 3.65. The molecule has 1 aliphatic heterocycles. The molecular weight excluding hydrogens is 152 g/mol. The van der Waals surface area contributed by atoms with E-state index in [9.17, 15) is 4.21 Å². The summed E-state index contributed by atoms with van der Waals surface area (Å²) in [7, 11) is 0. The van der Waals surface area contributed by atoms with Gasteiger partial charge in [-0.25, -0.2) is 4.21 Å². The van der Waals surface area contributed by atoms with Crippen LogP contribution in [0.4, 0.5) is 0 Å². The van der Waals surface area contributed by atoms with E-state index in [1.54, 1.807) is 0 Å². The van der Waals surface area contributed by atoms with Gasteiger partial charge in [-0.1, -0.05) is 12.7 Å². The van der Waals surface area contributed by atoms with Crippen molar-refractivity contribution in [2.45, 2.75) is 6.10 Å². The lowest BCUT2D eigenvalue weighted by atomic mass is 10.3. The van der Waals surface area contributed by atoms with Crippen LogP contribution < -0.4 is 0 Å². The van der Waals surface area contributed by atoms with E-state index >= 15 is 0 Å². The standard InChI is InChI=1S/C6H8O3S/c1-2-6(10-7)5-3-8-4-9-5/h2,5H,1,3-4H2. The fraction of sp³-hybridized carbons (Fsp3) is 0.500. The third-order valence-electron chi connectivity index (χ3n) is 1.24. The number of hydrogen-bond donors (Lipinski definition) is 0. The molecule has 1 fully saturated rings. The van der Waals surface area contributed by atoms with E-state index in [0.29, 0.717) is 22.7 Å². The van der Waals surface area contributed by atoms with Crippen molar-refractivity contribution >= 4 is 16.1 Å². The van der Waals surface area contributed by atoms with Gasteiger partial charge in [0.05, 0.1) is 22.7 Å². The molecule has 4 heteroatoms. The van der Waals surface area contributed by atoms with E-state index in [0.717, 1.165) is 0 Å². The molecule has 1 heterocycles. The van der Waals surface area contributed by atoms with Gasteiger partial charge in [-0.3, -0.25) is 0 Å². The van der Waals surface area contributed by atoms with E-state index in [4.69, 9.17) is 9.47 Å². The molecule has 1 aliphatic rings. The van der Waals surface area contributed by atoms with Crippen molar-refractivity contribution in [3.63, 3.8) is 0 Å². The van der Waals surface area contributed by atoms with Crippen LogP contribution >= 0.6 is 0 Å². The predicted molar refractivity (Wildman–Crippen MR) is 39.0 cm³/mol. The maximum absolute atomic E-state index is 10.3. The zero-order chi connectivity index (χ0) is 7.40. The van der Waals surface area contributed by atoms with Crippen LogP contribution in [0.1, 0.15) is 0 Å². The Bertz CT molecular complexity index is 177. The van der Waals surface area contributed by atoms with E-state index in [1.165, 1.54) is 6.08 Å². The maximum Gasteiger partial charge on any atom is 0.147 e. The van der Waals surface area contributed by atoms with Crippen LogP contribution in [0, 0.1) is 0 Å². The molecule has 1 saturated heterocycles. The largest absolute Gasteiger partial charge is 0.352 e. The summed E-state index contributed by atoms with van der Waals surface area (Å²) in [6.07, 6.45) is 1.33. The van der Waals surface area contributed by atoms with Gasteiger partial charge >= 0.3 is 0 Å². The van der Waals surface area contributed by atoms with Crippen LogP contribution in [0.15, 0.2) is 12.7 Å². The lowest BCUT2D eigenvalue weighted by molar-refractivity contribution is 0.0610. The zero-order valence-electron chi connectivity index (χ0n) is 5.41. The van der Waals surface area contributed by atoms with Crippen LogP contribution in [0.25, 0.3) is 0 Å². The van der Waals surface area contributed by atoms with Gasteiger partial charge in [-0.2, -0.15) is 0 Å². The molecule has 0 aliphatic carbocycles.